The van der Waals surface area contributed by atoms with Gasteiger partial charge in [0, 0.05) is 42.3 Å². The third-order valence-corrected chi connectivity index (χ3v) is 6.27. The van der Waals surface area contributed by atoms with Gasteiger partial charge in [-0.25, -0.2) is 0 Å². The number of aromatic nitrogens is 1. The monoisotopic (exact) mass is 394 g/mol. The van der Waals surface area contributed by atoms with Crippen molar-refractivity contribution < 1.29 is 4.79 Å². The van der Waals surface area contributed by atoms with Crippen LogP contribution in [-0.4, -0.2) is 17.0 Å². The molecule has 0 unspecified atom stereocenters. The Hall–Kier alpha value is -3.33. The second-order valence-electron chi connectivity index (χ2n) is 8.15. The first-order chi connectivity index (χ1) is 14.7. The molecule has 3 nitrogen and oxygen atoms in total. The minimum Gasteiger partial charge on any atom is -0.343 e. The summed E-state index contributed by atoms with van der Waals surface area (Å²) in [5.74, 6) is 0.218. The lowest BCUT2D eigenvalue weighted by Gasteiger charge is -2.17. The van der Waals surface area contributed by atoms with Crippen molar-refractivity contribution in [1.82, 2.24) is 4.57 Å². The van der Waals surface area contributed by atoms with Crippen LogP contribution in [-0.2, 0) is 24.2 Å². The molecule has 5 rings (SSSR count). The summed E-state index contributed by atoms with van der Waals surface area (Å²) in [6.07, 6.45) is 4.49. The molecule has 30 heavy (non-hydrogen) atoms. The number of rotatable bonds is 5. The Labute approximate surface area is 177 Å². The first-order valence-corrected chi connectivity index (χ1v) is 10.7. The zero-order valence-electron chi connectivity index (χ0n) is 17.3. The van der Waals surface area contributed by atoms with Gasteiger partial charge in [-0.3, -0.25) is 4.79 Å². The van der Waals surface area contributed by atoms with Crippen molar-refractivity contribution in [3.8, 4) is 0 Å². The Morgan fingerprint density at radius 2 is 1.67 bits per heavy atom. The average Bonchev–Trinajstić information content (AvgIpc) is 3.36. The molecule has 1 amide bonds. The number of benzene rings is 3. The summed E-state index contributed by atoms with van der Waals surface area (Å²) >= 11 is 0. The minimum atomic E-state index is 0.218. The molecule has 0 bridgehead atoms. The number of aryl methyl sites for hydroxylation is 2. The number of amides is 1. The fourth-order valence-electron chi connectivity index (χ4n) is 4.60. The van der Waals surface area contributed by atoms with Gasteiger partial charge in [-0.2, -0.15) is 0 Å². The van der Waals surface area contributed by atoms with Crippen molar-refractivity contribution in [3.63, 3.8) is 0 Å². The number of carbonyl (C=O) groups is 1. The second kappa shape index (κ2) is 7.83. The standard InChI is InChI=1S/C27H26N2O/c1-20-8-2-3-10-22(20)18-28-19-23(24-11-5-7-13-26(24)28)14-15-27(30)29-17-16-21-9-4-6-12-25(21)29/h2-13,19H,14-18H2,1H3. The Morgan fingerprint density at radius 1 is 0.900 bits per heavy atom. The van der Waals surface area contributed by atoms with E-state index in [-0.39, 0.29) is 5.91 Å². The van der Waals surface area contributed by atoms with E-state index in [1.54, 1.807) is 0 Å². The Balaban J connectivity index is 1.38. The predicted molar refractivity (Wildman–Crippen MR) is 123 cm³/mol. The molecule has 0 saturated heterocycles. The molecule has 0 aliphatic carbocycles. The van der Waals surface area contributed by atoms with Gasteiger partial charge in [0.25, 0.3) is 0 Å². The third kappa shape index (κ3) is 3.41. The smallest absolute Gasteiger partial charge is 0.227 e. The molecule has 0 spiro atoms. The van der Waals surface area contributed by atoms with E-state index < -0.39 is 0 Å². The predicted octanol–water partition coefficient (Wildman–Crippen LogP) is 5.52. The second-order valence-corrected chi connectivity index (χ2v) is 8.15. The van der Waals surface area contributed by atoms with Gasteiger partial charge < -0.3 is 9.47 Å². The van der Waals surface area contributed by atoms with Gasteiger partial charge in [0.15, 0.2) is 0 Å². The van der Waals surface area contributed by atoms with Crippen LogP contribution in [0, 0.1) is 6.92 Å². The van der Waals surface area contributed by atoms with Crippen molar-refractivity contribution in [2.75, 3.05) is 11.4 Å². The van der Waals surface area contributed by atoms with Crippen LogP contribution in [0.4, 0.5) is 5.69 Å². The molecule has 0 N–H and O–H groups in total. The van der Waals surface area contributed by atoms with Crippen LogP contribution in [0.5, 0.6) is 0 Å². The van der Waals surface area contributed by atoms with Gasteiger partial charge in [-0.05, 0) is 54.2 Å². The number of hydrogen-bond donors (Lipinski definition) is 0. The zero-order chi connectivity index (χ0) is 20.5. The van der Waals surface area contributed by atoms with E-state index in [1.807, 2.05) is 11.0 Å². The number of nitrogens with zero attached hydrogens (tertiary/aromatic N) is 2. The van der Waals surface area contributed by atoms with E-state index in [4.69, 9.17) is 0 Å². The summed E-state index contributed by atoms with van der Waals surface area (Å²) in [5, 5.41) is 1.25. The zero-order valence-corrected chi connectivity index (χ0v) is 17.3. The van der Waals surface area contributed by atoms with Crippen LogP contribution in [0.2, 0.25) is 0 Å². The quantitative estimate of drug-likeness (QED) is 0.437. The van der Waals surface area contributed by atoms with E-state index in [9.17, 15) is 4.79 Å². The molecule has 1 aliphatic heterocycles. The van der Waals surface area contributed by atoms with E-state index >= 15 is 0 Å². The highest BCUT2D eigenvalue weighted by atomic mass is 16.2. The van der Waals surface area contributed by atoms with Crippen LogP contribution < -0.4 is 4.90 Å². The van der Waals surface area contributed by atoms with Crippen LogP contribution in [0.1, 0.15) is 28.7 Å². The molecule has 1 aliphatic rings. The van der Waals surface area contributed by atoms with Gasteiger partial charge >= 0.3 is 0 Å². The average molecular weight is 395 g/mol. The minimum absolute atomic E-state index is 0.218. The highest BCUT2D eigenvalue weighted by Crippen LogP contribution is 2.29. The molecule has 1 aromatic heterocycles. The topological polar surface area (TPSA) is 25.2 Å². The first-order valence-electron chi connectivity index (χ1n) is 10.7. The molecule has 4 aromatic rings. The highest BCUT2D eigenvalue weighted by Gasteiger charge is 2.24. The van der Waals surface area contributed by atoms with Gasteiger partial charge in [-0.1, -0.05) is 60.7 Å². The Kier molecular flexibility index (Phi) is 4.88. The van der Waals surface area contributed by atoms with Gasteiger partial charge in [-0.15, -0.1) is 0 Å². The third-order valence-electron chi connectivity index (χ3n) is 6.27. The summed E-state index contributed by atoms with van der Waals surface area (Å²) in [5.41, 5.74) is 7.48. The summed E-state index contributed by atoms with van der Waals surface area (Å²) in [6.45, 7) is 3.81. The van der Waals surface area contributed by atoms with E-state index in [0.29, 0.717) is 6.42 Å². The maximum Gasteiger partial charge on any atom is 0.227 e. The Morgan fingerprint density at radius 3 is 2.57 bits per heavy atom. The number of fused-ring (bicyclic) bond motifs is 2. The maximum atomic E-state index is 13.0. The summed E-state index contributed by atoms with van der Waals surface area (Å²) in [7, 11) is 0. The van der Waals surface area contributed by atoms with Crippen LogP contribution in [0.15, 0.2) is 79.0 Å². The van der Waals surface area contributed by atoms with Gasteiger partial charge in [0.2, 0.25) is 5.91 Å². The van der Waals surface area contributed by atoms with Crippen molar-refractivity contribution in [1.29, 1.82) is 0 Å². The molecule has 3 heteroatoms. The largest absolute Gasteiger partial charge is 0.343 e. The number of carbonyl (C=O) groups excluding carboxylic acids is 1. The van der Waals surface area contributed by atoms with E-state index in [0.717, 1.165) is 31.6 Å². The lowest BCUT2D eigenvalue weighted by molar-refractivity contribution is -0.118. The summed E-state index contributed by atoms with van der Waals surface area (Å²) < 4.78 is 2.32. The fraction of sp³-hybridized carbons (Fsp3) is 0.222. The number of hydrogen-bond acceptors (Lipinski definition) is 1. The summed E-state index contributed by atoms with van der Waals surface area (Å²) in [6, 6.07) is 25.3. The molecule has 2 heterocycles. The van der Waals surface area contributed by atoms with Gasteiger partial charge in [0.05, 0.1) is 0 Å². The lowest BCUT2D eigenvalue weighted by atomic mass is 10.1. The molecule has 150 valence electrons. The van der Waals surface area contributed by atoms with Crippen LogP contribution in [0.25, 0.3) is 10.9 Å². The fourth-order valence-corrected chi connectivity index (χ4v) is 4.60. The van der Waals surface area contributed by atoms with E-state index in [2.05, 4.69) is 84.4 Å². The number of para-hydroxylation sites is 2. The van der Waals surface area contributed by atoms with Crippen molar-refractivity contribution in [3.05, 3.63) is 101 Å². The lowest BCUT2D eigenvalue weighted by Crippen LogP contribution is -2.29. The Bertz CT molecular complexity index is 1220. The highest BCUT2D eigenvalue weighted by molar-refractivity contribution is 5.96. The molecule has 0 atom stereocenters. The molecule has 0 fully saturated rings. The summed E-state index contributed by atoms with van der Waals surface area (Å²) in [4.78, 5) is 14.9. The van der Waals surface area contributed by atoms with Crippen molar-refractivity contribution >= 4 is 22.5 Å². The molecule has 0 radical (unpaired) electrons. The van der Waals surface area contributed by atoms with Crippen molar-refractivity contribution in [2.45, 2.75) is 32.7 Å². The maximum absolute atomic E-state index is 13.0. The number of anilines is 1. The van der Waals surface area contributed by atoms with E-state index in [1.165, 1.54) is 33.2 Å². The molecular formula is C27H26N2O. The van der Waals surface area contributed by atoms with Crippen LogP contribution >= 0.6 is 0 Å². The van der Waals surface area contributed by atoms with Gasteiger partial charge in [0.1, 0.15) is 0 Å². The SMILES string of the molecule is Cc1ccccc1Cn1cc(CCC(=O)N2CCc3ccccc32)c2ccccc21. The molecule has 3 aromatic carbocycles. The molecule has 0 saturated carbocycles. The normalized spacial score (nSPS) is 13.0. The first kappa shape index (κ1) is 18.7. The van der Waals surface area contributed by atoms with Crippen LogP contribution in [0.3, 0.4) is 0 Å². The molecular weight excluding hydrogens is 368 g/mol. The van der Waals surface area contributed by atoms with Crippen molar-refractivity contribution in [2.24, 2.45) is 0 Å².